The molecule has 0 saturated carbocycles. The smallest absolute Gasteiger partial charge is 0.497 e. The van der Waals surface area contributed by atoms with Crippen molar-refractivity contribution in [2.75, 3.05) is 6.61 Å². The van der Waals surface area contributed by atoms with Crippen molar-refractivity contribution in [1.82, 2.24) is 0 Å². The van der Waals surface area contributed by atoms with E-state index in [1.165, 1.54) is 0 Å². The second-order valence-electron chi connectivity index (χ2n) is 3.07. The Balaban J connectivity index is 1.97. The summed E-state index contributed by atoms with van der Waals surface area (Å²) in [5, 5.41) is 0. The van der Waals surface area contributed by atoms with Gasteiger partial charge in [-0.25, -0.2) is 0 Å². The minimum Gasteiger partial charge on any atom is -0.497 e. The highest BCUT2D eigenvalue weighted by atomic mass is 16.7. The van der Waals surface area contributed by atoms with Crippen molar-refractivity contribution in [3.63, 3.8) is 0 Å². The van der Waals surface area contributed by atoms with Gasteiger partial charge in [0.25, 0.3) is 11.9 Å². The van der Waals surface area contributed by atoms with Gasteiger partial charge in [-0.05, 0) is 6.42 Å². The van der Waals surface area contributed by atoms with Gasteiger partial charge in [-0.3, -0.25) is 9.59 Å². The third-order valence-electron chi connectivity index (χ3n) is 1.92. The van der Waals surface area contributed by atoms with Crippen molar-refractivity contribution in [3.05, 3.63) is 0 Å². The van der Waals surface area contributed by atoms with Gasteiger partial charge in [-0.1, -0.05) is 0 Å². The standard InChI is InChI=1S/C7H9BO5/c9-6-2-1-3-7(10)13-8(12-6)5-4-11-5/h5H,1-4H2. The summed E-state index contributed by atoms with van der Waals surface area (Å²) in [4.78, 5) is 22.0. The van der Waals surface area contributed by atoms with E-state index in [0.717, 1.165) is 0 Å². The molecule has 1 atom stereocenters. The first-order valence-corrected chi connectivity index (χ1v) is 4.26. The molecule has 0 aromatic heterocycles. The maximum absolute atomic E-state index is 11.0. The molecule has 0 aliphatic carbocycles. The third-order valence-corrected chi connectivity index (χ3v) is 1.92. The summed E-state index contributed by atoms with van der Waals surface area (Å²) in [7, 11) is -0.819. The Morgan fingerprint density at radius 3 is 2.15 bits per heavy atom. The molecule has 2 rings (SSSR count). The quantitative estimate of drug-likeness (QED) is 0.412. The lowest BCUT2D eigenvalue weighted by Gasteiger charge is -2.15. The first-order chi connectivity index (χ1) is 6.25. The minimum atomic E-state index is -0.819. The number of hydrogen-bond donors (Lipinski definition) is 0. The van der Waals surface area contributed by atoms with E-state index in [9.17, 15) is 9.59 Å². The van der Waals surface area contributed by atoms with Crippen LogP contribution in [0.5, 0.6) is 0 Å². The monoisotopic (exact) mass is 184 g/mol. The van der Waals surface area contributed by atoms with Gasteiger partial charge in [0.15, 0.2) is 0 Å². The molecule has 5 nitrogen and oxygen atoms in total. The SMILES string of the molecule is O=C1CCCC(=O)OB(C2CO2)O1. The van der Waals surface area contributed by atoms with Crippen molar-refractivity contribution in [3.8, 4) is 0 Å². The van der Waals surface area contributed by atoms with E-state index in [2.05, 4.69) is 0 Å². The molecule has 0 amide bonds. The third kappa shape index (κ3) is 2.21. The number of carbonyl (C=O) groups is 2. The van der Waals surface area contributed by atoms with Crippen LogP contribution in [-0.4, -0.2) is 31.7 Å². The largest absolute Gasteiger partial charge is 0.632 e. The molecule has 0 N–H and O–H groups in total. The summed E-state index contributed by atoms with van der Waals surface area (Å²) in [5.41, 5.74) is 0. The molecule has 0 bridgehead atoms. The van der Waals surface area contributed by atoms with Crippen molar-refractivity contribution in [1.29, 1.82) is 0 Å². The molecule has 2 fully saturated rings. The summed E-state index contributed by atoms with van der Waals surface area (Å²) < 4.78 is 14.6. The summed E-state index contributed by atoms with van der Waals surface area (Å²) in [6.07, 6.45) is 1.05. The summed E-state index contributed by atoms with van der Waals surface area (Å²) in [6, 6.07) is -0.244. The number of hydrogen-bond acceptors (Lipinski definition) is 5. The molecular weight excluding hydrogens is 175 g/mol. The van der Waals surface area contributed by atoms with Crippen molar-refractivity contribution < 1.29 is 23.6 Å². The van der Waals surface area contributed by atoms with Gasteiger partial charge in [0.05, 0.1) is 6.61 Å². The van der Waals surface area contributed by atoms with E-state index < -0.39 is 7.12 Å². The van der Waals surface area contributed by atoms with Crippen molar-refractivity contribution in [2.24, 2.45) is 0 Å². The van der Waals surface area contributed by atoms with Crippen LogP contribution in [0.15, 0.2) is 0 Å². The minimum absolute atomic E-state index is 0.244. The summed E-state index contributed by atoms with van der Waals surface area (Å²) in [5.74, 6) is -0.652. The van der Waals surface area contributed by atoms with Crippen LogP contribution in [0.4, 0.5) is 0 Å². The van der Waals surface area contributed by atoms with Crippen LogP contribution < -0.4 is 0 Å². The molecule has 0 aromatic rings. The number of epoxide rings is 1. The van der Waals surface area contributed by atoms with Gasteiger partial charge in [0.2, 0.25) is 0 Å². The van der Waals surface area contributed by atoms with Crippen LogP contribution in [0.3, 0.4) is 0 Å². The van der Waals surface area contributed by atoms with Crippen LogP contribution in [0, 0.1) is 0 Å². The molecule has 1 unspecified atom stereocenters. The molecule has 0 aromatic carbocycles. The molecule has 2 heterocycles. The molecule has 2 saturated heterocycles. The second kappa shape index (κ2) is 3.37. The molecule has 0 spiro atoms. The molecule has 0 radical (unpaired) electrons. The van der Waals surface area contributed by atoms with Gasteiger partial charge in [0, 0.05) is 12.8 Å². The average Bonchev–Trinajstić information content (AvgIpc) is 2.82. The van der Waals surface area contributed by atoms with E-state index >= 15 is 0 Å². The molecule has 13 heavy (non-hydrogen) atoms. The maximum atomic E-state index is 11.0. The highest BCUT2D eigenvalue weighted by Crippen LogP contribution is 2.18. The first-order valence-electron chi connectivity index (χ1n) is 4.26. The summed E-state index contributed by atoms with van der Waals surface area (Å²) in [6.45, 7) is 0.491. The Bertz CT molecular complexity index is 219. The van der Waals surface area contributed by atoms with Crippen LogP contribution in [0.1, 0.15) is 19.3 Å². The van der Waals surface area contributed by atoms with E-state index in [1.54, 1.807) is 0 Å². The predicted molar refractivity (Wildman–Crippen MR) is 41.5 cm³/mol. The zero-order chi connectivity index (χ0) is 9.26. The van der Waals surface area contributed by atoms with Gasteiger partial charge in [-0.2, -0.15) is 0 Å². The lowest BCUT2D eigenvalue weighted by Crippen LogP contribution is -2.36. The highest BCUT2D eigenvalue weighted by Gasteiger charge is 2.47. The van der Waals surface area contributed by atoms with Crippen molar-refractivity contribution >= 4 is 19.1 Å². The van der Waals surface area contributed by atoms with Crippen LogP contribution in [-0.2, 0) is 23.6 Å². The van der Waals surface area contributed by atoms with E-state index in [-0.39, 0.29) is 30.8 Å². The Kier molecular flexibility index (Phi) is 2.22. The number of carbonyl (C=O) groups excluding carboxylic acids is 2. The van der Waals surface area contributed by atoms with Gasteiger partial charge >= 0.3 is 7.12 Å². The van der Waals surface area contributed by atoms with Crippen LogP contribution in [0.25, 0.3) is 0 Å². The van der Waals surface area contributed by atoms with Crippen LogP contribution in [0.2, 0.25) is 0 Å². The zero-order valence-corrected chi connectivity index (χ0v) is 7.02. The Morgan fingerprint density at radius 1 is 1.15 bits per heavy atom. The van der Waals surface area contributed by atoms with Gasteiger partial charge in [-0.15, -0.1) is 0 Å². The summed E-state index contributed by atoms with van der Waals surface area (Å²) >= 11 is 0. The Morgan fingerprint density at radius 2 is 1.69 bits per heavy atom. The fourth-order valence-corrected chi connectivity index (χ4v) is 1.14. The lowest BCUT2D eigenvalue weighted by atomic mass is 9.84. The Hall–Kier alpha value is -1.04. The highest BCUT2D eigenvalue weighted by molar-refractivity contribution is 6.51. The predicted octanol–water partition coefficient (Wildman–Crippen LogP) is -0.317. The normalized spacial score (nSPS) is 28.6. The molecule has 2 aliphatic rings. The van der Waals surface area contributed by atoms with Gasteiger partial charge in [0.1, 0.15) is 6.00 Å². The van der Waals surface area contributed by atoms with E-state index in [4.69, 9.17) is 14.0 Å². The molecule has 70 valence electrons. The topological polar surface area (TPSA) is 65.1 Å². The second-order valence-corrected chi connectivity index (χ2v) is 3.07. The van der Waals surface area contributed by atoms with Gasteiger partial charge < -0.3 is 14.0 Å². The average molecular weight is 184 g/mol. The van der Waals surface area contributed by atoms with Crippen molar-refractivity contribution in [2.45, 2.75) is 25.3 Å². The lowest BCUT2D eigenvalue weighted by molar-refractivity contribution is -0.143. The van der Waals surface area contributed by atoms with E-state index in [0.29, 0.717) is 13.0 Å². The number of ether oxygens (including phenoxy) is 1. The molecular formula is C7H9BO5. The number of rotatable bonds is 1. The zero-order valence-electron chi connectivity index (χ0n) is 7.02. The van der Waals surface area contributed by atoms with E-state index in [1.807, 2.05) is 0 Å². The fourth-order valence-electron chi connectivity index (χ4n) is 1.14. The first kappa shape index (κ1) is 8.56. The molecule has 6 heteroatoms. The molecule has 2 aliphatic heterocycles. The fraction of sp³-hybridized carbons (Fsp3) is 0.714. The maximum Gasteiger partial charge on any atom is 0.632 e. The Labute approximate surface area is 75.5 Å². The van der Waals surface area contributed by atoms with Crippen LogP contribution >= 0.6 is 0 Å².